The number of hydrogen-bond acceptors (Lipinski definition) is 3. The second kappa shape index (κ2) is 3.76. The SMILES string of the molecule is Cc1ccoc1C(=O)NNC(=O)C1CC1. The van der Waals surface area contributed by atoms with E-state index in [-0.39, 0.29) is 17.6 Å². The third-order valence-electron chi connectivity index (χ3n) is 2.32. The summed E-state index contributed by atoms with van der Waals surface area (Å²) in [5.74, 6) is -0.256. The molecule has 0 atom stereocenters. The zero-order valence-electron chi connectivity index (χ0n) is 8.37. The molecule has 5 heteroatoms. The zero-order valence-corrected chi connectivity index (χ0v) is 8.37. The quantitative estimate of drug-likeness (QED) is 0.705. The second-order valence-electron chi connectivity index (χ2n) is 3.65. The van der Waals surface area contributed by atoms with Crippen LogP contribution in [0, 0.1) is 12.8 Å². The van der Waals surface area contributed by atoms with Gasteiger partial charge in [-0.15, -0.1) is 0 Å². The topological polar surface area (TPSA) is 71.3 Å². The van der Waals surface area contributed by atoms with Gasteiger partial charge in [0, 0.05) is 11.5 Å². The first-order chi connectivity index (χ1) is 7.18. The molecule has 0 aromatic carbocycles. The number of rotatable bonds is 2. The zero-order chi connectivity index (χ0) is 10.8. The van der Waals surface area contributed by atoms with E-state index in [1.807, 2.05) is 0 Å². The van der Waals surface area contributed by atoms with Gasteiger partial charge in [-0.2, -0.15) is 0 Å². The fourth-order valence-corrected chi connectivity index (χ4v) is 1.23. The molecule has 1 aliphatic carbocycles. The van der Waals surface area contributed by atoms with E-state index in [4.69, 9.17) is 4.42 Å². The third kappa shape index (κ3) is 2.18. The highest BCUT2D eigenvalue weighted by Gasteiger charge is 2.30. The minimum absolute atomic E-state index is 0.0722. The molecule has 15 heavy (non-hydrogen) atoms. The normalized spacial score (nSPS) is 14.7. The molecule has 0 unspecified atom stereocenters. The Morgan fingerprint density at radius 2 is 2.13 bits per heavy atom. The summed E-state index contributed by atoms with van der Waals surface area (Å²) in [6, 6.07) is 1.69. The first-order valence-corrected chi connectivity index (χ1v) is 4.83. The summed E-state index contributed by atoms with van der Waals surface area (Å²) < 4.78 is 4.97. The smallest absolute Gasteiger partial charge is 0.305 e. The molecule has 1 aromatic rings. The van der Waals surface area contributed by atoms with Crippen LogP contribution in [0.5, 0.6) is 0 Å². The first kappa shape index (κ1) is 9.76. The van der Waals surface area contributed by atoms with Crippen molar-refractivity contribution >= 4 is 11.8 Å². The van der Waals surface area contributed by atoms with E-state index in [0.29, 0.717) is 0 Å². The Labute approximate surface area is 86.8 Å². The van der Waals surface area contributed by atoms with Gasteiger partial charge in [-0.1, -0.05) is 0 Å². The van der Waals surface area contributed by atoms with Crippen molar-refractivity contribution < 1.29 is 14.0 Å². The van der Waals surface area contributed by atoms with Gasteiger partial charge in [0.05, 0.1) is 6.26 Å². The maximum atomic E-state index is 11.5. The molecule has 5 nitrogen and oxygen atoms in total. The minimum atomic E-state index is -0.425. The van der Waals surface area contributed by atoms with Crippen molar-refractivity contribution in [2.24, 2.45) is 5.92 Å². The maximum absolute atomic E-state index is 11.5. The first-order valence-electron chi connectivity index (χ1n) is 4.83. The van der Waals surface area contributed by atoms with Crippen molar-refractivity contribution in [1.82, 2.24) is 10.9 Å². The van der Waals surface area contributed by atoms with Crippen LogP contribution >= 0.6 is 0 Å². The van der Waals surface area contributed by atoms with Gasteiger partial charge in [0.2, 0.25) is 5.91 Å². The lowest BCUT2D eigenvalue weighted by Gasteiger charge is -2.04. The standard InChI is InChI=1S/C10H12N2O3/c1-6-4-5-15-8(6)10(14)12-11-9(13)7-2-3-7/h4-5,7H,2-3H2,1H3,(H,11,13)(H,12,14). The van der Waals surface area contributed by atoms with Crippen LogP contribution in [0.15, 0.2) is 16.7 Å². The van der Waals surface area contributed by atoms with E-state index in [9.17, 15) is 9.59 Å². The number of hydrogen-bond donors (Lipinski definition) is 2. The molecule has 1 heterocycles. The molecule has 2 rings (SSSR count). The van der Waals surface area contributed by atoms with Crippen molar-refractivity contribution in [3.8, 4) is 0 Å². The van der Waals surface area contributed by atoms with Crippen molar-refractivity contribution in [2.75, 3.05) is 0 Å². The predicted octanol–water partition coefficient (Wildman–Crippen LogP) is 0.759. The molecule has 0 radical (unpaired) electrons. The molecule has 80 valence electrons. The summed E-state index contributed by atoms with van der Waals surface area (Å²) in [5, 5.41) is 0. The number of carbonyl (C=O) groups is 2. The monoisotopic (exact) mass is 208 g/mol. The summed E-state index contributed by atoms with van der Waals surface area (Å²) >= 11 is 0. The highest BCUT2D eigenvalue weighted by atomic mass is 16.3. The number of aryl methyl sites for hydroxylation is 1. The van der Waals surface area contributed by atoms with Crippen LogP contribution in [-0.2, 0) is 4.79 Å². The van der Waals surface area contributed by atoms with E-state index in [1.54, 1.807) is 13.0 Å². The van der Waals surface area contributed by atoms with Gasteiger partial charge in [0.15, 0.2) is 5.76 Å². The highest BCUT2D eigenvalue weighted by molar-refractivity contribution is 5.94. The molecule has 1 aliphatic rings. The van der Waals surface area contributed by atoms with Gasteiger partial charge in [-0.25, -0.2) is 0 Å². The Kier molecular flexibility index (Phi) is 2.45. The maximum Gasteiger partial charge on any atom is 0.305 e. The van der Waals surface area contributed by atoms with Gasteiger partial charge >= 0.3 is 5.91 Å². The summed E-state index contributed by atoms with van der Waals surface area (Å²) in [4.78, 5) is 22.7. The van der Waals surface area contributed by atoms with E-state index < -0.39 is 5.91 Å². The van der Waals surface area contributed by atoms with Crippen molar-refractivity contribution in [3.05, 3.63) is 23.7 Å². The van der Waals surface area contributed by atoms with E-state index in [1.165, 1.54) is 6.26 Å². The molecular formula is C10H12N2O3. The molecule has 1 saturated carbocycles. The molecule has 0 spiro atoms. The third-order valence-corrected chi connectivity index (χ3v) is 2.32. The Morgan fingerprint density at radius 3 is 2.67 bits per heavy atom. The summed E-state index contributed by atoms with van der Waals surface area (Å²) in [7, 11) is 0. The van der Waals surface area contributed by atoms with Crippen LogP contribution < -0.4 is 10.9 Å². The van der Waals surface area contributed by atoms with E-state index in [0.717, 1.165) is 18.4 Å². The second-order valence-corrected chi connectivity index (χ2v) is 3.65. The lowest BCUT2D eigenvalue weighted by Crippen LogP contribution is -2.42. The van der Waals surface area contributed by atoms with Crippen molar-refractivity contribution in [2.45, 2.75) is 19.8 Å². The number of nitrogens with one attached hydrogen (secondary N) is 2. The van der Waals surface area contributed by atoms with Crippen molar-refractivity contribution in [3.63, 3.8) is 0 Å². The molecule has 1 fully saturated rings. The van der Waals surface area contributed by atoms with Gasteiger partial charge < -0.3 is 4.42 Å². The van der Waals surface area contributed by atoms with Gasteiger partial charge in [0.1, 0.15) is 0 Å². The Morgan fingerprint density at radius 1 is 1.40 bits per heavy atom. The molecule has 0 aliphatic heterocycles. The van der Waals surface area contributed by atoms with E-state index >= 15 is 0 Å². The van der Waals surface area contributed by atoms with Crippen LogP contribution in [-0.4, -0.2) is 11.8 Å². The Hall–Kier alpha value is -1.78. The lowest BCUT2D eigenvalue weighted by molar-refractivity contribution is -0.123. The largest absolute Gasteiger partial charge is 0.459 e. The van der Waals surface area contributed by atoms with Gasteiger partial charge in [-0.05, 0) is 25.8 Å². The van der Waals surface area contributed by atoms with Crippen molar-refractivity contribution in [1.29, 1.82) is 0 Å². The fraction of sp³-hybridized carbons (Fsp3) is 0.400. The average Bonchev–Trinajstić information content (AvgIpc) is 2.98. The molecule has 0 saturated heterocycles. The molecule has 1 aromatic heterocycles. The van der Waals surface area contributed by atoms with Crippen LogP contribution in [0.1, 0.15) is 29.0 Å². The minimum Gasteiger partial charge on any atom is -0.459 e. The summed E-state index contributed by atoms with van der Waals surface area (Å²) in [6.45, 7) is 1.77. The molecular weight excluding hydrogens is 196 g/mol. The van der Waals surface area contributed by atoms with E-state index in [2.05, 4.69) is 10.9 Å². The summed E-state index contributed by atoms with van der Waals surface area (Å²) in [5.41, 5.74) is 5.42. The highest BCUT2D eigenvalue weighted by Crippen LogP contribution is 2.28. The number of carbonyl (C=O) groups excluding carboxylic acids is 2. The molecule has 0 bridgehead atoms. The predicted molar refractivity (Wildman–Crippen MR) is 51.8 cm³/mol. The van der Waals surface area contributed by atoms with Gasteiger partial charge in [0.25, 0.3) is 0 Å². The average molecular weight is 208 g/mol. The lowest BCUT2D eigenvalue weighted by atomic mass is 10.3. The Bertz CT molecular complexity index is 393. The van der Waals surface area contributed by atoms with Crippen LogP contribution in [0.3, 0.4) is 0 Å². The number of amides is 2. The Balaban J connectivity index is 1.87. The fourth-order valence-electron chi connectivity index (χ4n) is 1.23. The number of furan rings is 1. The van der Waals surface area contributed by atoms with Crippen LogP contribution in [0.2, 0.25) is 0 Å². The molecule has 2 N–H and O–H groups in total. The number of hydrazine groups is 1. The van der Waals surface area contributed by atoms with Gasteiger partial charge in [-0.3, -0.25) is 20.4 Å². The van der Waals surface area contributed by atoms with Crippen LogP contribution in [0.4, 0.5) is 0 Å². The summed E-state index contributed by atoms with van der Waals surface area (Å²) in [6.07, 6.45) is 3.25. The van der Waals surface area contributed by atoms with Crippen LogP contribution in [0.25, 0.3) is 0 Å². The molecule has 2 amide bonds.